The quantitative estimate of drug-likeness (QED) is 0.216. The molecule has 0 fully saturated rings. The van der Waals surface area contributed by atoms with E-state index in [1.165, 1.54) is 56.7 Å². The first-order chi connectivity index (χ1) is 19.8. The number of ether oxygens (including phenoxy) is 2. The van der Waals surface area contributed by atoms with Gasteiger partial charge in [-0.2, -0.15) is 0 Å². The molecule has 0 saturated carbocycles. The first kappa shape index (κ1) is 30.4. The topological polar surface area (TPSA) is 140 Å². The lowest BCUT2D eigenvalue weighted by atomic mass is 10.1. The van der Waals surface area contributed by atoms with Crippen LogP contribution in [0.1, 0.15) is 27.0 Å². The van der Waals surface area contributed by atoms with Gasteiger partial charge in [0.25, 0.3) is 26.0 Å². The Morgan fingerprint density at radius 2 is 1.33 bits per heavy atom. The van der Waals surface area contributed by atoms with E-state index in [9.17, 15) is 21.6 Å². The molecule has 0 unspecified atom stereocenters. The smallest absolute Gasteiger partial charge is 0.262 e. The Morgan fingerprint density at radius 1 is 0.667 bits per heavy atom. The van der Waals surface area contributed by atoms with Crippen LogP contribution in [0, 0.1) is 20.8 Å². The van der Waals surface area contributed by atoms with E-state index in [1.807, 2.05) is 26.0 Å². The lowest BCUT2D eigenvalue weighted by Crippen LogP contribution is -2.18. The van der Waals surface area contributed by atoms with Crippen molar-refractivity contribution in [1.82, 2.24) is 0 Å². The molecule has 0 radical (unpaired) electrons. The summed E-state index contributed by atoms with van der Waals surface area (Å²) in [4.78, 5) is 12.9. The molecule has 4 rings (SSSR count). The highest BCUT2D eigenvalue weighted by Gasteiger charge is 2.21. The van der Waals surface area contributed by atoms with E-state index in [4.69, 9.17) is 9.47 Å². The highest BCUT2D eigenvalue weighted by Crippen LogP contribution is 2.31. The average molecular weight is 610 g/mol. The first-order valence-electron chi connectivity index (χ1n) is 12.7. The van der Waals surface area contributed by atoms with Gasteiger partial charge in [0.15, 0.2) is 0 Å². The predicted octanol–water partition coefficient (Wildman–Crippen LogP) is 5.48. The van der Waals surface area contributed by atoms with Gasteiger partial charge >= 0.3 is 0 Å². The summed E-state index contributed by atoms with van der Waals surface area (Å²) in [7, 11) is -5.06. The fraction of sp³-hybridized carbons (Fsp3) is 0.167. The minimum atomic E-state index is -3.98. The van der Waals surface area contributed by atoms with Crippen LogP contribution in [-0.4, -0.2) is 37.0 Å². The van der Waals surface area contributed by atoms with Crippen molar-refractivity contribution in [2.45, 2.75) is 30.6 Å². The second kappa shape index (κ2) is 12.1. The van der Waals surface area contributed by atoms with Crippen molar-refractivity contribution in [1.29, 1.82) is 0 Å². The summed E-state index contributed by atoms with van der Waals surface area (Å²) in [5.41, 5.74) is 3.36. The summed E-state index contributed by atoms with van der Waals surface area (Å²) >= 11 is 0. The Kier molecular flexibility index (Phi) is 8.78. The maximum atomic E-state index is 13.2. The predicted molar refractivity (Wildman–Crippen MR) is 163 cm³/mol. The number of benzene rings is 4. The molecular formula is C30H31N3O7S2. The molecular weight excluding hydrogens is 578 g/mol. The molecule has 42 heavy (non-hydrogen) atoms. The SMILES string of the molecule is COc1ccc(NS(=O)(=O)c2ccc(NC(=O)c3ccc(C)c(S(=O)(=O)Nc4ccc(C)cc4C)c3)cc2)c(OC)c1. The summed E-state index contributed by atoms with van der Waals surface area (Å²) in [5.74, 6) is 0.228. The summed E-state index contributed by atoms with van der Waals surface area (Å²) in [6.07, 6.45) is 0. The maximum Gasteiger partial charge on any atom is 0.262 e. The Morgan fingerprint density at radius 3 is 1.98 bits per heavy atom. The van der Waals surface area contributed by atoms with Gasteiger partial charge in [0.05, 0.1) is 35.4 Å². The molecule has 0 aliphatic rings. The van der Waals surface area contributed by atoms with Gasteiger partial charge in [-0.3, -0.25) is 14.2 Å². The van der Waals surface area contributed by atoms with E-state index in [0.29, 0.717) is 22.7 Å². The number of sulfonamides is 2. The van der Waals surface area contributed by atoms with Crippen LogP contribution in [0.3, 0.4) is 0 Å². The second-order valence-corrected chi connectivity index (χ2v) is 12.9. The molecule has 0 heterocycles. The van der Waals surface area contributed by atoms with Gasteiger partial charge in [0.2, 0.25) is 0 Å². The van der Waals surface area contributed by atoms with Crippen LogP contribution in [-0.2, 0) is 20.0 Å². The van der Waals surface area contributed by atoms with E-state index >= 15 is 0 Å². The number of amides is 1. The number of rotatable bonds is 10. The Balaban J connectivity index is 1.50. The zero-order valence-corrected chi connectivity index (χ0v) is 25.3. The monoisotopic (exact) mass is 609 g/mol. The Bertz CT molecular complexity index is 1850. The lowest BCUT2D eigenvalue weighted by Gasteiger charge is -2.14. The van der Waals surface area contributed by atoms with Crippen LogP contribution in [0.25, 0.3) is 0 Å². The molecule has 1 amide bonds. The first-order valence-corrected chi connectivity index (χ1v) is 15.7. The number of aryl methyl sites for hydroxylation is 3. The molecule has 4 aromatic rings. The van der Waals surface area contributed by atoms with Gasteiger partial charge in [-0.1, -0.05) is 23.8 Å². The zero-order valence-electron chi connectivity index (χ0n) is 23.7. The van der Waals surface area contributed by atoms with Gasteiger partial charge in [-0.25, -0.2) is 16.8 Å². The van der Waals surface area contributed by atoms with Crippen molar-refractivity contribution in [2.24, 2.45) is 0 Å². The molecule has 0 aromatic heterocycles. The number of hydrogen-bond donors (Lipinski definition) is 3. The zero-order chi connectivity index (χ0) is 30.7. The van der Waals surface area contributed by atoms with Crippen molar-refractivity contribution in [3.8, 4) is 11.5 Å². The largest absolute Gasteiger partial charge is 0.497 e. The van der Waals surface area contributed by atoms with Crippen LogP contribution in [0.4, 0.5) is 17.1 Å². The number of methoxy groups -OCH3 is 2. The second-order valence-electron chi connectivity index (χ2n) is 9.55. The molecule has 0 aliphatic carbocycles. The molecule has 0 aliphatic heterocycles. The van der Waals surface area contributed by atoms with Crippen LogP contribution >= 0.6 is 0 Å². The van der Waals surface area contributed by atoms with Crippen LogP contribution in [0.2, 0.25) is 0 Å². The van der Waals surface area contributed by atoms with Gasteiger partial charge in [-0.05, 0) is 86.5 Å². The van der Waals surface area contributed by atoms with E-state index in [-0.39, 0.29) is 26.8 Å². The van der Waals surface area contributed by atoms with Gasteiger partial charge < -0.3 is 14.8 Å². The van der Waals surface area contributed by atoms with Crippen molar-refractivity contribution < 1.29 is 31.1 Å². The summed E-state index contributed by atoms with van der Waals surface area (Å²) in [6, 6.07) is 20.0. The molecule has 0 spiro atoms. The Labute approximate surface area is 245 Å². The van der Waals surface area contributed by atoms with Crippen LogP contribution in [0.5, 0.6) is 11.5 Å². The molecule has 0 bridgehead atoms. The van der Waals surface area contributed by atoms with Crippen molar-refractivity contribution in [3.63, 3.8) is 0 Å². The van der Waals surface area contributed by atoms with E-state index in [0.717, 1.165) is 11.1 Å². The van der Waals surface area contributed by atoms with Crippen molar-refractivity contribution in [3.05, 3.63) is 101 Å². The molecule has 10 nitrogen and oxygen atoms in total. The third kappa shape index (κ3) is 6.84. The number of nitrogens with one attached hydrogen (secondary N) is 3. The minimum Gasteiger partial charge on any atom is -0.497 e. The van der Waals surface area contributed by atoms with Gasteiger partial charge in [0, 0.05) is 17.3 Å². The summed E-state index contributed by atoms with van der Waals surface area (Å²) < 4.78 is 67.8. The molecule has 12 heteroatoms. The van der Waals surface area contributed by atoms with E-state index < -0.39 is 26.0 Å². The van der Waals surface area contributed by atoms with Gasteiger partial charge in [0.1, 0.15) is 11.5 Å². The summed E-state index contributed by atoms with van der Waals surface area (Å²) in [5, 5.41) is 2.68. The normalized spacial score (nSPS) is 11.5. The highest BCUT2D eigenvalue weighted by molar-refractivity contribution is 7.93. The summed E-state index contributed by atoms with van der Waals surface area (Å²) in [6.45, 7) is 5.37. The van der Waals surface area contributed by atoms with E-state index in [2.05, 4.69) is 14.8 Å². The molecule has 220 valence electrons. The fourth-order valence-electron chi connectivity index (χ4n) is 4.17. The molecule has 3 N–H and O–H groups in total. The molecule has 0 saturated heterocycles. The highest BCUT2D eigenvalue weighted by atomic mass is 32.2. The van der Waals surface area contributed by atoms with Crippen LogP contribution in [0.15, 0.2) is 88.7 Å². The fourth-order valence-corrected chi connectivity index (χ4v) is 6.64. The van der Waals surface area contributed by atoms with Crippen LogP contribution < -0.4 is 24.2 Å². The minimum absolute atomic E-state index is 0.0309. The van der Waals surface area contributed by atoms with Crippen molar-refractivity contribution in [2.75, 3.05) is 29.0 Å². The number of hydrogen-bond acceptors (Lipinski definition) is 7. The number of anilines is 3. The third-order valence-corrected chi connectivity index (χ3v) is 9.33. The maximum absolute atomic E-state index is 13.2. The number of carbonyl (C=O) groups excluding carboxylic acids is 1. The third-order valence-electron chi connectivity index (χ3n) is 6.44. The Hall–Kier alpha value is -4.55. The number of carbonyl (C=O) groups is 1. The standard InChI is InChI=1S/C30H31N3O7S2/c1-19-6-14-26(21(3)16-19)32-42(37,38)29-17-22(8-7-20(29)2)30(34)31-23-9-12-25(13-10-23)41(35,36)33-27-15-11-24(39-4)18-28(27)40-5/h6-18,32-33H,1-5H3,(H,31,34). The molecule has 0 atom stereocenters. The van der Waals surface area contributed by atoms with Gasteiger partial charge in [-0.15, -0.1) is 0 Å². The lowest BCUT2D eigenvalue weighted by molar-refractivity contribution is 0.102. The molecule has 4 aromatic carbocycles. The van der Waals surface area contributed by atoms with E-state index in [1.54, 1.807) is 31.2 Å². The van der Waals surface area contributed by atoms with Crippen molar-refractivity contribution >= 4 is 43.0 Å². The average Bonchev–Trinajstić information content (AvgIpc) is 2.95.